The smallest absolute Gasteiger partial charge is 0.164 e. The van der Waals surface area contributed by atoms with E-state index in [1.807, 2.05) is 66.7 Å². The quantitative estimate of drug-likeness (QED) is 0.186. The van der Waals surface area contributed by atoms with Crippen molar-refractivity contribution in [2.75, 3.05) is 0 Å². The number of rotatable bonds is 5. The van der Waals surface area contributed by atoms with Crippen LogP contribution in [0.4, 0.5) is 0 Å². The van der Waals surface area contributed by atoms with Crippen LogP contribution >= 0.6 is 0 Å². The van der Waals surface area contributed by atoms with Crippen molar-refractivity contribution in [3.8, 4) is 56.4 Å². The molecule has 5 heteroatoms. The molecule has 3 heterocycles. The molecule has 3 aromatic heterocycles. The van der Waals surface area contributed by atoms with Crippen LogP contribution in [-0.4, -0.2) is 15.0 Å². The normalized spacial score (nSPS) is 13.0. The number of para-hydroxylation sites is 2. The Balaban J connectivity index is 1.06. The van der Waals surface area contributed by atoms with E-state index in [1.54, 1.807) is 24.3 Å². The first kappa shape index (κ1) is 23.5. The van der Waals surface area contributed by atoms with Gasteiger partial charge in [0.25, 0.3) is 0 Å². The number of aromatic nitrogens is 3. The van der Waals surface area contributed by atoms with Crippen molar-refractivity contribution in [2.24, 2.45) is 0 Å². The van der Waals surface area contributed by atoms with Gasteiger partial charge in [0.15, 0.2) is 17.5 Å². The summed E-state index contributed by atoms with van der Waals surface area (Å²) < 4.78 is 53.8. The van der Waals surface area contributed by atoms with E-state index in [2.05, 4.69) is 42.5 Å². The largest absolute Gasteiger partial charge is 0.456 e. The summed E-state index contributed by atoms with van der Waals surface area (Å²) in [6, 6.07) is 41.5. The summed E-state index contributed by atoms with van der Waals surface area (Å²) in [4.78, 5) is 14.6. The van der Waals surface area contributed by atoms with Crippen LogP contribution in [0.3, 0.4) is 0 Å². The number of furan rings is 2. The lowest BCUT2D eigenvalue weighted by Gasteiger charge is -2.09. The second-order valence-electron chi connectivity index (χ2n) is 12.1. The summed E-state index contributed by atoms with van der Waals surface area (Å²) in [6.45, 7) is 0. The highest BCUT2D eigenvalue weighted by Gasteiger charge is 2.17. The summed E-state index contributed by atoms with van der Waals surface area (Å²) in [7, 11) is 0. The molecule has 10 aromatic rings. The maximum Gasteiger partial charge on any atom is 0.164 e. The van der Waals surface area contributed by atoms with Gasteiger partial charge in [0.05, 0.1) is 6.85 Å². The lowest BCUT2D eigenvalue weighted by atomic mass is 10.0. The van der Waals surface area contributed by atoms with Gasteiger partial charge in [-0.1, -0.05) is 133 Å². The molecule has 7 aromatic carbocycles. The number of benzene rings is 7. The topological polar surface area (TPSA) is 65.0 Å². The van der Waals surface area contributed by atoms with Gasteiger partial charge in [-0.25, -0.2) is 15.0 Å². The molecule has 0 radical (unpaired) electrons. The number of nitrogens with zero attached hydrogens (tertiary/aromatic N) is 3. The third-order valence-electron chi connectivity index (χ3n) is 9.05. The Hall–Kier alpha value is -6.85. The van der Waals surface area contributed by atoms with Crippen molar-refractivity contribution in [3.63, 3.8) is 0 Å². The van der Waals surface area contributed by atoms with E-state index in [4.69, 9.17) is 30.6 Å². The Bertz CT molecular complexity index is 3130. The predicted molar refractivity (Wildman–Crippen MR) is 202 cm³/mol. The summed E-state index contributed by atoms with van der Waals surface area (Å²) >= 11 is 0. The summed E-state index contributed by atoms with van der Waals surface area (Å²) in [5, 5.41) is 4.11. The second-order valence-corrected chi connectivity index (χ2v) is 12.1. The van der Waals surface area contributed by atoms with Crippen molar-refractivity contribution < 1.29 is 15.7 Å². The van der Waals surface area contributed by atoms with Gasteiger partial charge in [-0.15, -0.1) is 0 Å². The monoisotopic (exact) mass is 646 g/mol. The molecular weight excluding hydrogens is 615 g/mol. The van der Waals surface area contributed by atoms with Crippen molar-refractivity contribution in [1.29, 1.82) is 0 Å². The van der Waals surface area contributed by atoms with Crippen molar-refractivity contribution in [3.05, 3.63) is 164 Å². The van der Waals surface area contributed by atoms with E-state index in [0.717, 1.165) is 60.5 Å². The molecule has 50 heavy (non-hydrogen) atoms. The van der Waals surface area contributed by atoms with Gasteiger partial charge in [0, 0.05) is 43.8 Å². The first-order valence-electron chi connectivity index (χ1n) is 18.7. The number of fused-ring (bicyclic) bond motifs is 6. The van der Waals surface area contributed by atoms with Gasteiger partial charge in [-0.3, -0.25) is 0 Å². The minimum atomic E-state index is -0.427. The average Bonchev–Trinajstić information content (AvgIpc) is 3.80. The minimum absolute atomic E-state index is 0.136. The third-order valence-corrected chi connectivity index (χ3v) is 9.05. The fourth-order valence-corrected chi connectivity index (χ4v) is 6.59. The third kappa shape index (κ3) is 4.75. The fraction of sp³-hybridized carbons (Fsp3) is 0. The summed E-state index contributed by atoms with van der Waals surface area (Å²) in [5.74, 6) is 1.37. The maximum absolute atomic E-state index is 8.41. The molecule has 0 saturated heterocycles. The second kappa shape index (κ2) is 11.4. The number of hydrogen-bond acceptors (Lipinski definition) is 5. The van der Waals surface area contributed by atoms with Crippen LogP contribution in [0.25, 0.3) is 100 Å². The summed E-state index contributed by atoms with van der Waals surface area (Å²) in [5.41, 5.74) is 7.98. The molecule has 0 bridgehead atoms. The Morgan fingerprint density at radius 1 is 0.380 bits per heavy atom. The molecule has 0 aliphatic heterocycles. The Morgan fingerprint density at radius 2 is 0.940 bits per heavy atom. The van der Waals surface area contributed by atoms with E-state index in [-0.39, 0.29) is 29.7 Å². The van der Waals surface area contributed by atoms with E-state index in [0.29, 0.717) is 34.2 Å². The van der Waals surface area contributed by atoms with Crippen molar-refractivity contribution in [2.45, 2.75) is 0 Å². The van der Waals surface area contributed by atoms with Gasteiger partial charge in [0.1, 0.15) is 22.3 Å². The minimum Gasteiger partial charge on any atom is -0.456 e. The molecule has 0 atom stereocenters. The van der Waals surface area contributed by atoms with E-state index >= 15 is 0 Å². The van der Waals surface area contributed by atoms with Crippen LogP contribution in [0.2, 0.25) is 0 Å². The van der Waals surface area contributed by atoms with Gasteiger partial charge < -0.3 is 8.83 Å². The van der Waals surface area contributed by atoms with Crippen molar-refractivity contribution in [1.82, 2.24) is 15.0 Å². The van der Waals surface area contributed by atoms with Crippen LogP contribution in [0.1, 0.15) is 6.85 Å². The molecule has 10 rings (SSSR count). The molecular formula is C45H27N3O2. The predicted octanol–water partition coefficient (Wildman–Crippen LogP) is 12.0. The first-order valence-corrected chi connectivity index (χ1v) is 16.2. The summed E-state index contributed by atoms with van der Waals surface area (Å²) in [6.07, 6.45) is 0. The molecule has 5 nitrogen and oxygen atoms in total. The maximum atomic E-state index is 8.41. The van der Waals surface area contributed by atoms with Crippen LogP contribution in [0, 0.1) is 0 Å². The highest BCUT2D eigenvalue weighted by molar-refractivity contribution is 6.11. The van der Waals surface area contributed by atoms with Gasteiger partial charge in [-0.2, -0.15) is 0 Å². The molecule has 0 aliphatic carbocycles. The zero-order valence-electron chi connectivity index (χ0n) is 31.4. The zero-order chi connectivity index (χ0) is 37.4. The SMILES string of the molecule is [2H]c1c([2H])c([2H])c(-c2ccc(-c3nc(-c4ccccc4)nc(-c4ccc5c(c4)oc4cc(-c6cccc7c6oc6ccccc67)ccc45)n3)cc2)c([2H])c1[2H]. The number of hydrogen-bond donors (Lipinski definition) is 0. The molecule has 0 N–H and O–H groups in total. The Labute approximate surface area is 294 Å². The molecule has 0 amide bonds. The first-order chi connectivity index (χ1) is 26.8. The molecule has 0 saturated carbocycles. The lowest BCUT2D eigenvalue weighted by molar-refractivity contribution is 0.668. The molecule has 0 unspecified atom stereocenters. The molecule has 0 aliphatic rings. The standard InChI is InChI=1S/C45H27N3O2/c1-3-10-28(11-4-1)29-18-20-31(21-19-29)44-46-43(30-12-5-2-6-13-30)47-45(48-44)33-23-25-37-36-24-22-32(26-40(36)49-41(37)27-33)34-15-9-16-38-35-14-7-8-17-39(35)50-42(34)38/h1-27H/i1D,3D,4D,10D,11D. The van der Waals surface area contributed by atoms with Gasteiger partial charge >= 0.3 is 0 Å². The fourth-order valence-electron chi connectivity index (χ4n) is 6.59. The van der Waals surface area contributed by atoms with Crippen LogP contribution in [0.5, 0.6) is 0 Å². The lowest BCUT2D eigenvalue weighted by Crippen LogP contribution is -2.00. The molecule has 234 valence electrons. The van der Waals surface area contributed by atoms with Gasteiger partial charge in [-0.05, 0) is 47.0 Å². The highest BCUT2D eigenvalue weighted by Crippen LogP contribution is 2.39. The Morgan fingerprint density at radius 3 is 1.70 bits per heavy atom. The zero-order valence-corrected chi connectivity index (χ0v) is 26.4. The van der Waals surface area contributed by atoms with Crippen LogP contribution < -0.4 is 0 Å². The van der Waals surface area contributed by atoms with E-state index in [9.17, 15) is 0 Å². The van der Waals surface area contributed by atoms with E-state index < -0.39 is 6.04 Å². The average molecular weight is 647 g/mol. The Kier molecular flexibility index (Phi) is 5.35. The van der Waals surface area contributed by atoms with Crippen LogP contribution in [0.15, 0.2) is 173 Å². The van der Waals surface area contributed by atoms with E-state index in [1.165, 1.54) is 0 Å². The van der Waals surface area contributed by atoms with Crippen LogP contribution in [-0.2, 0) is 0 Å². The molecule has 0 spiro atoms. The van der Waals surface area contributed by atoms with Gasteiger partial charge in [0.2, 0.25) is 0 Å². The molecule has 0 fully saturated rings. The van der Waals surface area contributed by atoms with Crippen molar-refractivity contribution >= 4 is 43.9 Å². The highest BCUT2D eigenvalue weighted by atomic mass is 16.3.